The maximum absolute atomic E-state index is 12.5. The number of amides is 1. The van der Waals surface area contributed by atoms with Crippen LogP contribution in [0.1, 0.15) is 37.0 Å². The number of rotatable bonds is 2. The van der Waals surface area contributed by atoms with E-state index in [0.29, 0.717) is 17.1 Å². The molecule has 3 unspecified atom stereocenters. The Hall–Kier alpha value is -1.75. The summed E-state index contributed by atoms with van der Waals surface area (Å²) in [5.74, 6) is 1.40. The molecule has 3 heterocycles. The summed E-state index contributed by atoms with van der Waals surface area (Å²) in [5.41, 5.74) is 0.632. The Morgan fingerprint density at radius 1 is 1.27 bits per heavy atom. The zero-order valence-electron chi connectivity index (χ0n) is 13.1. The molecule has 22 heavy (non-hydrogen) atoms. The molecule has 0 saturated carbocycles. The predicted molar refractivity (Wildman–Crippen MR) is 82.2 cm³/mol. The Morgan fingerprint density at radius 3 is 2.91 bits per heavy atom. The molecule has 1 amide bonds. The van der Waals surface area contributed by atoms with Gasteiger partial charge in [-0.05, 0) is 43.5 Å². The molecular weight excluding hydrogens is 280 g/mol. The molecule has 3 aliphatic rings. The first kappa shape index (κ1) is 13.9. The molecule has 3 atom stereocenters. The van der Waals surface area contributed by atoms with Crippen LogP contribution in [0, 0.1) is 5.92 Å². The van der Waals surface area contributed by atoms with Crippen LogP contribution in [0.5, 0.6) is 11.5 Å². The normalized spacial score (nSPS) is 31.1. The quantitative estimate of drug-likeness (QED) is 0.908. The Morgan fingerprint density at radius 2 is 2.09 bits per heavy atom. The lowest BCUT2D eigenvalue weighted by molar-refractivity contribution is -0.0431. The molecule has 3 aliphatic heterocycles. The van der Waals surface area contributed by atoms with Crippen LogP contribution < -0.4 is 14.8 Å². The molecule has 0 aromatic heterocycles. The number of benzene rings is 1. The van der Waals surface area contributed by atoms with E-state index >= 15 is 0 Å². The van der Waals surface area contributed by atoms with Gasteiger partial charge in [-0.2, -0.15) is 0 Å². The lowest BCUT2D eigenvalue weighted by Crippen LogP contribution is -2.47. The van der Waals surface area contributed by atoms with E-state index in [9.17, 15) is 4.79 Å². The average Bonchev–Trinajstić information content (AvgIpc) is 2.95. The van der Waals surface area contributed by atoms with Crippen LogP contribution >= 0.6 is 0 Å². The topological polar surface area (TPSA) is 50.8 Å². The van der Waals surface area contributed by atoms with Gasteiger partial charge in [0.2, 0.25) is 5.79 Å². The largest absolute Gasteiger partial charge is 0.449 e. The number of nitrogens with one attached hydrogen (secondary N) is 1. The third kappa shape index (κ3) is 2.54. The van der Waals surface area contributed by atoms with Gasteiger partial charge in [-0.1, -0.05) is 0 Å². The molecule has 2 bridgehead atoms. The molecular formula is C17H22N2O3. The maximum atomic E-state index is 12.5. The summed E-state index contributed by atoms with van der Waals surface area (Å²) in [6.07, 6.45) is 2.37. The van der Waals surface area contributed by atoms with Crippen LogP contribution in [0.4, 0.5) is 0 Å². The van der Waals surface area contributed by atoms with Crippen molar-refractivity contribution in [3.8, 4) is 11.5 Å². The van der Waals surface area contributed by atoms with Gasteiger partial charge in [0.05, 0.1) is 0 Å². The SMILES string of the molecule is CC1(C)Oc2ccc(C(=O)NC3CC4CCN(C4)C3)cc2O1. The van der Waals surface area contributed by atoms with E-state index in [-0.39, 0.29) is 11.9 Å². The van der Waals surface area contributed by atoms with Gasteiger partial charge in [-0.3, -0.25) is 4.79 Å². The van der Waals surface area contributed by atoms with Gasteiger partial charge in [0, 0.05) is 38.5 Å². The van der Waals surface area contributed by atoms with Crippen molar-refractivity contribution in [2.75, 3.05) is 19.6 Å². The fraction of sp³-hybridized carbons (Fsp3) is 0.588. The molecule has 4 rings (SSSR count). The molecule has 2 saturated heterocycles. The minimum atomic E-state index is -0.659. The van der Waals surface area contributed by atoms with Crippen molar-refractivity contribution >= 4 is 5.91 Å². The highest BCUT2D eigenvalue weighted by atomic mass is 16.7. The van der Waals surface area contributed by atoms with E-state index in [1.807, 2.05) is 19.9 Å². The number of ether oxygens (including phenoxy) is 2. The van der Waals surface area contributed by atoms with Crippen molar-refractivity contribution in [1.29, 1.82) is 0 Å². The highest BCUT2D eigenvalue weighted by Crippen LogP contribution is 2.39. The second-order valence-electron chi connectivity index (χ2n) is 7.09. The van der Waals surface area contributed by atoms with Crippen LogP contribution in [0.15, 0.2) is 18.2 Å². The number of hydrogen-bond acceptors (Lipinski definition) is 4. The highest BCUT2D eigenvalue weighted by Gasteiger charge is 2.34. The number of nitrogens with zero attached hydrogens (tertiary/aromatic N) is 1. The monoisotopic (exact) mass is 302 g/mol. The van der Waals surface area contributed by atoms with E-state index in [1.54, 1.807) is 12.1 Å². The Labute approximate surface area is 130 Å². The molecule has 0 radical (unpaired) electrons. The van der Waals surface area contributed by atoms with Crippen molar-refractivity contribution in [1.82, 2.24) is 10.2 Å². The van der Waals surface area contributed by atoms with Crippen molar-refractivity contribution in [3.63, 3.8) is 0 Å². The fourth-order valence-corrected chi connectivity index (χ4v) is 3.80. The van der Waals surface area contributed by atoms with Crippen LogP contribution in [0.3, 0.4) is 0 Å². The predicted octanol–water partition coefficient (Wildman–Crippen LogP) is 2.02. The number of carbonyl (C=O) groups excluding carboxylic acids is 1. The van der Waals surface area contributed by atoms with Crippen molar-refractivity contribution in [2.24, 2.45) is 5.92 Å². The van der Waals surface area contributed by atoms with Crippen molar-refractivity contribution < 1.29 is 14.3 Å². The van der Waals surface area contributed by atoms with Crippen LogP contribution in [0.25, 0.3) is 0 Å². The molecule has 118 valence electrons. The third-order valence-corrected chi connectivity index (χ3v) is 4.72. The van der Waals surface area contributed by atoms with E-state index in [1.165, 1.54) is 19.5 Å². The summed E-state index contributed by atoms with van der Waals surface area (Å²) in [7, 11) is 0. The first-order chi connectivity index (χ1) is 10.5. The zero-order chi connectivity index (χ0) is 15.3. The number of piperidine rings is 1. The number of hydrogen-bond donors (Lipinski definition) is 1. The Kier molecular flexibility index (Phi) is 3.08. The first-order valence-electron chi connectivity index (χ1n) is 8.04. The third-order valence-electron chi connectivity index (χ3n) is 4.72. The van der Waals surface area contributed by atoms with Gasteiger partial charge in [0.15, 0.2) is 11.5 Å². The Bertz CT molecular complexity index is 602. The van der Waals surface area contributed by atoms with Gasteiger partial charge in [0.25, 0.3) is 5.91 Å². The molecule has 1 aromatic carbocycles. The van der Waals surface area contributed by atoms with E-state index in [2.05, 4.69) is 10.2 Å². The molecule has 5 heteroatoms. The first-order valence-corrected chi connectivity index (χ1v) is 8.04. The standard InChI is InChI=1S/C17H22N2O3/c1-17(2)21-14-4-3-12(8-15(14)22-17)16(20)18-13-7-11-5-6-19(9-11)10-13/h3-4,8,11,13H,5-7,9-10H2,1-2H3,(H,18,20). The van der Waals surface area contributed by atoms with Gasteiger partial charge >= 0.3 is 0 Å². The molecule has 2 fully saturated rings. The molecule has 1 aromatic rings. The van der Waals surface area contributed by atoms with Crippen LogP contribution in [-0.4, -0.2) is 42.3 Å². The second-order valence-corrected chi connectivity index (χ2v) is 7.09. The minimum Gasteiger partial charge on any atom is -0.449 e. The van der Waals surface area contributed by atoms with Gasteiger partial charge in [0.1, 0.15) is 0 Å². The minimum absolute atomic E-state index is 0.0244. The zero-order valence-corrected chi connectivity index (χ0v) is 13.1. The highest BCUT2D eigenvalue weighted by molar-refractivity contribution is 5.95. The van der Waals surface area contributed by atoms with E-state index in [0.717, 1.165) is 18.9 Å². The van der Waals surface area contributed by atoms with E-state index < -0.39 is 5.79 Å². The summed E-state index contributed by atoms with van der Waals surface area (Å²) in [5, 5.41) is 3.17. The smallest absolute Gasteiger partial charge is 0.251 e. The summed E-state index contributed by atoms with van der Waals surface area (Å²) < 4.78 is 11.4. The lowest BCUT2D eigenvalue weighted by Gasteiger charge is -2.30. The Balaban J connectivity index is 1.45. The average molecular weight is 302 g/mol. The summed E-state index contributed by atoms with van der Waals surface area (Å²) >= 11 is 0. The van der Waals surface area contributed by atoms with Gasteiger partial charge in [-0.15, -0.1) is 0 Å². The fourth-order valence-electron chi connectivity index (χ4n) is 3.80. The van der Waals surface area contributed by atoms with Gasteiger partial charge in [-0.25, -0.2) is 0 Å². The summed E-state index contributed by atoms with van der Waals surface area (Å²) in [6, 6.07) is 5.65. The van der Waals surface area contributed by atoms with Gasteiger partial charge < -0.3 is 19.7 Å². The summed E-state index contributed by atoms with van der Waals surface area (Å²) in [4.78, 5) is 14.9. The van der Waals surface area contributed by atoms with Crippen molar-refractivity contribution in [3.05, 3.63) is 23.8 Å². The van der Waals surface area contributed by atoms with E-state index in [4.69, 9.17) is 9.47 Å². The second kappa shape index (κ2) is 4.88. The van der Waals surface area contributed by atoms with Crippen LogP contribution in [-0.2, 0) is 0 Å². The molecule has 1 N–H and O–H groups in total. The van der Waals surface area contributed by atoms with Crippen molar-refractivity contribution in [2.45, 2.75) is 38.5 Å². The lowest BCUT2D eigenvalue weighted by atomic mass is 9.96. The molecule has 0 aliphatic carbocycles. The van der Waals surface area contributed by atoms with Crippen LogP contribution in [0.2, 0.25) is 0 Å². The summed E-state index contributed by atoms with van der Waals surface area (Å²) in [6.45, 7) is 7.07. The molecule has 5 nitrogen and oxygen atoms in total. The number of carbonyl (C=O) groups is 1. The number of fused-ring (bicyclic) bond motifs is 3. The molecule has 0 spiro atoms. The maximum Gasteiger partial charge on any atom is 0.251 e.